The monoisotopic (exact) mass is 408 g/mol. The van der Waals surface area contributed by atoms with Gasteiger partial charge in [-0.15, -0.1) is 21.5 Å². The molecule has 2 aromatic heterocycles. The van der Waals surface area contributed by atoms with Crippen LogP contribution in [0, 0.1) is 5.82 Å². The summed E-state index contributed by atoms with van der Waals surface area (Å²) in [5.74, 6) is -0.344. The molecule has 2 heterocycles. The summed E-state index contributed by atoms with van der Waals surface area (Å²) in [6.07, 6.45) is 0.835. The second-order valence-corrected chi connectivity index (χ2v) is 8.99. The molecule has 1 aromatic carbocycles. The van der Waals surface area contributed by atoms with Crippen molar-refractivity contribution in [1.29, 1.82) is 0 Å². The Kier molecular flexibility index (Phi) is 6.59. The Balaban J connectivity index is 1.47. The van der Waals surface area contributed by atoms with E-state index in [1.54, 1.807) is 23.5 Å². The molecule has 3 aromatic rings. The van der Waals surface area contributed by atoms with E-state index >= 15 is 0 Å². The maximum Gasteiger partial charge on any atom is 0.233 e. The van der Waals surface area contributed by atoms with Gasteiger partial charge < -0.3 is 10.6 Å². The molecule has 1 amide bonds. The number of nitrogens with zero attached hydrogens (tertiary/aromatic N) is 2. The number of halogens is 1. The molecule has 0 fully saturated rings. The quantitative estimate of drug-likeness (QED) is 0.543. The molecule has 0 saturated heterocycles. The topological polar surface area (TPSA) is 66.9 Å². The number of hydrogen-bond acceptors (Lipinski definition) is 7. The molecule has 0 aliphatic rings. The first-order valence-corrected chi connectivity index (χ1v) is 10.5. The zero-order valence-corrected chi connectivity index (χ0v) is 16.4. The molecule has 9 heteroatoms. The Labute approximate surface area is 163 Å². The van der Waals surface area contributed by atoms with Gasteiger partial charge in [0.05, 0.1) is 5.25 Å². The number of rotatable bonds is 8. The van der Waals surface area contributed by atoms with Crippen LogP contribution in [-0.2, 0) is 11.2 Å². The molecular weight excluding hydrogens is 391 g/mol. The molecule has 1 unspecified atom stereocenters. The molecule has 1 atom stereocenters. The minimum absolute atomic E-state index is 0.0265. The molecule has 0 aliphatic heterocycles. The number of carbonyl (C=O) groups is 1. The van der Waals surface area contributed by atoms with Crippen LogP contribution in [0.4, 0.5) is 15.2 Å². The predicted molar refractivity (Wildman–Crippen MR) is 106 cm³/mol. The van der Waals surface area contributed by atoms with Gasteiger partial charge in [-0.3, -0.25) is 4.79 Å². The molecule has 0 aliphatic carbocycles. The van der Waals surface area contributed by atoms with Crippen LogP contribution in [0.15, 0.2) is 46.1 Å². The van der Waals surface area contributed by atoms with Crippen molar-refractivity contribution in [1.82, 2.24) is 15.5 Å². The lowest BCUT2D eigenvalue weighted by atomic mass is 10.3. The van der Waals surface area contributed by atoms with E-state index in [0.717, 1.165) is 6.42 Å². The molecular formula is C17H17FN4OS3. The van der Waals surface area contributed by atoms with E-state index in [-0.39, 0.29) is 17.0 Å². The van der Waals surface area contributed by atoms with Gasteiger partial charge in [-0.2, -0.15) is 0 Å². The van der Waals surface area contributed by atoms with Gasteiger partial charge in [-0.1, -0.05) is 35.2 Å². The van der Waals surface area contributed by atoms with Crippen LogP contribution in [0.2, 0.25) is 0 Å². The smallest absolute Gasteiger partial charge is 0.233 e. The number of aromatic nitrogens is 2. The van der Waals surface area contributed by atoms with Crippen LogP contribution in [-0.4, -0.2) is 27.9 Å². The van der Waals surface area contributed by atoms with Gasteiger partial charge in [-0.25, -0.2) is 4.39 Å². The molecule has 2 N–H and O–H groups in total. The number of hydrogen-bond donors (Lipinski definition) is 2. The number of amides is 1. The van der Waals surface area contributed by atoms with Crippen LogP contribution in [0.1, 0.15) is 11.8 Å². The fraction of sp³-hybridized carbons (Fsp3) is 0.235. The third-order valence-corrected chi connectivity index (χ3v) is 6.34. The largest absolute Gasteiger partial charge is 0.355 e. The van der Waals surface area contributed by atoms with E-state index in [2.05, 4.69) is 26.9 Å². The van der Waals surface area contributed by atoms with Crippen LogP contribution < -0.4 is 10.6 Å². The van der Waals surface area contributed by atoms with Crippen molar-refractivity contribution in [3.63, 3.8) is 0 Å². The minimum Gasteiger partial charge on any atom is -0.355 e. The maximum absolute atomic E-state index is 13.2. The normalized spacial score (nSPS) is 11.9. The number of nitrogens with one attached hydrogen (secondary N) is 2. The summed E-state index contributed by atoms with van der Waals surface area (Å²) < 4.78 is 13.9. The van der Waals surface area contributed by atoms with Crippen molar-refractivity contribution < 1.29 is 9.18 Å². The van der Waals surface area contributed by atoms with Crippen molar-refractivity contribution in [2.45, 2.75) is 22.9 Å². The molecule has 5 nitrogen and oxygen atoms in total. The molecule has 3 rings (SSSR count). The highest BCUT2D eigenvalue weighted by Crippen LogP contribution is 2.30. The lowest BCUT2D eigenvalue weighted by Gasteiger charge is -2.09. The molecule has 0 spiro atoms. The average Bonchev–Trinajstić information content (AvgIpc) is 3.27. The summed E-state index contributed by atoms with van der Waals surface area (Å²) in [6.45, 7) is 2.46. The maximum atomic E-state index is 13.2. The van der Waals surface area contributed by atoms with E-state index in [4.69, 9.17) is 0 Å². The predicted octanol–water partition coefficient (Wildman–Crippen LogP) is 4.32. The van der Waals surface area contributed by atoms with Crippen molar-refractivity contribution >= 4 is 51.2 Å². The van der Waals surface area contributed by atoms with Gasteiger partial charge in [0, 0.05) is 17.1 Å². The SMILES string of the molecule is CC(Sc1nnc(Nc2cccc(F)c2)s1)C(=O)NCCc1cccs1. The van der Waals surface area contributed by atoms with Gasteiger partial charge in [0.2, 0.25) is 11.0 Å². The van der Waals surface area contributed by atoms with Crippen LogP contribution >= 0.6 is 34.4 Å². The molecule has 0 saturated carbocycles. The first-order valence-electron chi connectivity index (χ1n) is 7.93. The van der Waals surface area contributed by atoms with Gasteiger partial charge in [0.1, 0.15) is 5.82 Å². The third-order valence-electron chi connectivity index (χ3n) is 3.38. The second-order valence-electron chi connectivity index (χ2n) is 5.39. The lowest BCUT2D eigenvalue weighted by Crippen LogP contribution is -2.32. The minimum atomic E-state index is -0.318. The molecule has 136 valence electrons. The van der Waals surface area contributed by atoms with Gasteiger partial charge in [0.15, 0.2) is 4.34 Å². The van der Waals surface area contributed by atoms with Crippen molar-refractivity contribution in [3.8, 4) is 0 Å². The molecule has 0 bridgehead atoms. The van der Waals surface area contributed by atoms with Gasteiger partial charge in [-0.05, 0) is 43.0 Å². The Morgan fingerprint density at radius 3 is 2.96 bits per heavy atom. The summed E-state index contributed by atoms with van der Waals surface area (Å²) in [4.78, 5) is 13.4. The fourth-order valence-electron chi connectivity index (χ4n) is 2.11. The Bertz CT molecular complexity index is 853. The third kappa shape index (κ3) is 5.52. The van der Waals surface area contributed by atoms with Gasteiger partial charge >= 0.3 is 0 Å². The Morgan fingerprint density at radius 1 is 1.31 bits per heavy atom. The number of thiophene rings is 1. The van der Waals surface area contributed by atoms with E-state index in [1.165, 1.54) is 40.1 Å². The zero-order chi connectivity index (χ0) is 18.4. The Hall–Kier alpha value is -1.97. The van der Waals surface area contributed by atoms with E-state index < -0.39 is 0 Å². The Morgan fingerprint density at radius 2 is 2.19 bits per heavy atom. The fourth-order valence-corrected chi connectivity index (χ4v) is 4.76. The number of anilines is 2. The summed E-state index contributed by atoms with van der Waals surface area (Å²) in [6, 6.07) is 10.2. The summed E-state index contributed by atoms with van der Waals surface area (Å²) in [5, 5.41) is 16.4. The van der Waals surface area contributed by atoms with Crippen LogP contribution in [0.25, 0.3) is 0 Å². The van der Waals surface area contributed by atoms with Crippen LogP contribution in [0.5, 0.6) is 0 Å². The van der Waals surface area contributed by atoms with Crippen molar-refractivity contribution in [2.75, 3.05) is 11.9 Å². The molecule has 0 radical (unpaired) electrons. The first-order chi connectivity index (χ1) is 12.6. The summed E-state index contributed by atoms with van der Waals surface area (Å²) in [7, 11) is 0. The lowest BCUT2D eigenvalue weighted by molar-refractivity contribution is -0.120. The standard InChI is InChI=1S/C17H17FN4OS3/c1-11(15(23)19-8-7-14-6-3-9-24-14)25-17-22-21-16(26-17)20-13-5-2-4-12(18)10-13/h2-6,9-11H,7-8H2,1H3,(H,19,23)(H,20,21). The van der Waals surface area contributed by atoms with E-state index in [1.807, 2.05) is 18.4 Å². The van der Waals surface area contributed by atoms with Crippen LogP contribution in [0.3, 0.4) is 0 Å². The highest BCUT2D eigenvalue weighted by Gasteiger charge is 2.17. The van der Waals surface area contributed by atoms with Gasteiger partial charge in [0.25, 0.3) is 0 Å². The number of thioether (sulfide) groups is 1. The number of benzene rings is 1. The van der Waals surface area contributed by atoms with E-state index in [0.29, 0.717) is 21.7 Å². The second kappa shape index (κ2) is 9.11. The highest BCUT2D eigenvalue weighted by atomic mass is 32.2. The summed E-state index contributed by atoms with van der Waals surface area (Å²) in [5.41, 5.74) is 0.608. The van der Waals surface area contributed by atoms with Crippen molar-refractivity contribution in [2.24, 2.45) is 0 Å². The summed E-state index contributed by atoms with van der Waals surface area (Å²) >= 11 is 4.37. The van der Waals surface area contributed by atoms with Crippen molar-refractivity contribution in [3.05, 3.63) is 52.5 Å². The highest BCUT2D eigenvalue weighted by molar-refractivity contribution is 8.02. The zero-order valence-electron chi connectivity index (χ0n) is 13.9. The van der Waals surface area contributed by atoms with E-state index in [9.17, 15) is 9.18 Å². The number of carbonyl (C=O) groups excluding carboxylic acids is 1. The molecule has 26 heavy (non-hydrogen) atoms. The average molecular weight is 409 g/mol. The first kappa shape index (κ1) is 18.8.